The van der Waals surface area contributed by atoms with E-state index in [0.29, 0.717) is 24.7 Å². The predicted octanol–water partition coefficient (Wildman–Crippen LogP) is 1.50. The first-order valence-corrected chi connectivity index (χ1v) is 5.60. The average Bonchev–Trinajstić information content (AvgIpc) is 2.43. The fourth-order valence-electron chi connectivity index (χ4n) is 1.58. The highest BCUT2D eigenvalue weighted by Gasteiger charge is 2.12. The van der Waals surface area contributed by atoms with Crippen LogP contribution in [0, 0.1) is 11.3 Å². The first kappa shape index (κ1) is 14.3. The average molecular weight is 250 g/mol. The number of hydrogen-bond donors (Lipinski definition) is 1. The zero-order valence-corrected chi connectivity index (χ0v) is 10.9. The fourth-order valence-corrected chi connectivity index (χ4v) is 1.58. The smallest absolute Gasteiger partial charge is 0.161 e. The van der Waals surface area contributed by atoms with Crippen molar-refractivity contribution in [2.24, 2.45) is 0 Å². The van der Waals surface area contributed by atoms with E-state index in [-0.39, 0.29) is 6.04 Å². The summed E-state index contributed by atoms with van der Waals surface area (Å²) in [6.07, 6.45) is 0. The number of methoxy groups -OCH3 is 3. The third-order valence-electron chi connectivity index (χ3n) is 2.52. The Bertz CT molecular complexity index is 415. The van der Waals surface area contributed by atoms with Crippen LogP contribution in [0.25, 0.3) is 0 Å². The Balaban J connectivity index is 2.83. The monoisotopic (exact) mass is 250 g/mol. The van der Waals surface area contributed by atoms with Gasteiger partial charge in [0.05, 0.1) is 26.9 Å². The minimum absolute atomic E-state index is 0.389. The molecule has 5 nitrogen and oxygen atoms in total. The number of nitrogens with zero attached hydrogens (tertiary/aromatic N) is 1. The second-order valence-electron chi connectivity index (χ2n) is 3.62. The summed E-state index contributed by atoms with van der Waals surface area (Å²) in [6.45, 7) is 1.18. The zero-order valence-electron chi connectivity index (χ0n) is 10.9. The standard InChI is InChI=1S/C13H18N2O3/c1-16-7-6-15-11(9-14)10-4-5-12(17-2)13(8-10)18-3/h4-5,8,11,15H,6-7H2,1-3H3. The molecule has 0 saturated carbocycles. The van der Waals surface area contributed by atoms with Crippen molar-refractivity contribution < 1.29 is 14.2 Å². The summed E-state index contributed by atoms with van der Waals surface area (Å²) in [4.78, 5) is 0. The number of ether oxygens (including phenoxy) is 3. The molecule has 5 heteroatoms. The fraction of sp³-hybridized carbons (Fsp3) is 0.462. The van der Waals surface area contributed by atoms with Gasteiger partial charge in [0.15, 0.2) is 11.5 Å². The van der Waals surface area contributed by atoms with E-state index in [1.165, 1.54) is 0 Å². The summed E-state index contributed by atoms with van der Waals surface area (Å²) in [7, 11) is 4.77. The lowest BCUT2D eigenvalue weighted by molar-refractivity contribution is 0.198. The van der Waals surface area contributed by atoms with Gasteiger partial charge in [-0.2, -0.15) is 5.26 Å². The number of nitriles is 1. The van der Waals surface area contributed by atoms with Crippen molar-refractivity contribution in [2.45, 2.75) is 6.04 Å². The quantitative estimate of drug-likeness (QED) is 0.743. The van der Waals surface area contributed by atoms with Crippen LogP contribution in [0.4, 0.5) is 0 Å². The van der Waals surface area contributed by atoms with Gasteiger partial charge >= 0.3 is 0 Å². The minimum Gasteiger partial charge on any atom is -0.493 e. The molecule has 0 fully saturated rings. The Hall–Kier alpha value is -1.77. The van der Waals surface area contributed by atoms with Gasteiger partial charge in [0, 0.05) is 13.7 Å². The molecule has 98 valence electrons. The van der Waals surface area contributed by atoms with Crippen LogP contribution in [-0.2, 0) is 4.74 Å². The maximum Gasteiger partial charge on any atom is 0.161 e. The predicted molar refractivity (Wildman–Crippen MR) is 67.8 cm³/mol. The summed E-state index contributed by atoms with van der Waals surface area (Å²) in [5.74, 6) is 1.26. The van der Waals surface area contributed by atoms with Crippen molar-refractivity contribution in [1.82, 2.24) is 5.32 Å². The van der Waals surface area contributed by atoms with Crippen molar-refractivity contribution in [1.29, 1.82) is 5.26 Å². The van der Waals surface area contributed by atoms with Crippen molar-refractivity contribution in [2.75, 3.05) is 34.5 Å². The van der Waals surface area contributed by atoms with Gasteiger partial charge in [-0.05, 0) is 17.7 Å². The van der Waals surface area contributed by atoms with Crippen LogP contribution in [0.15, 0.2) is 18.2 Å². The zero-order chi connectivity index (χ0) is 13.4. The molecule has 0 heterocycles. The van der Waals surface area contributed by atoms with E-state index in [0.717, 1.165) is 5.56 Å². The summed E-state index contributed by atoms with van der Waals surface area (Å²) >= 11 is 0. The summed E-state index contributed by atoms with van der Waals surface area (Å²) in [5.41, 5.74) is 0.839. The van der Waals surface area contributed by atoms with Crippen molar-refractivity contribution in [3.63, 3.8) is 0 Å². The lowest BCUT2D eigenvalue weighted by atomic mass is 10.1. The van der Waals surface area contributed by atoms with Gasteiger partial charge in [0.2, 0.25) is 0 Å². The van der Waals surface area contributed by atoms with E-state index in [1.54, 1.807) is 33.5 Å². The summed E-state index contributed by atoms with van der Waals surface area (Å²) in [6, 6.07) is 7.24. The van der Waals surface area contributed by atoms with E-state index >= 15 is 0 Å². The van der Waals surface area contributed by atoms with Crippen LogP contribution in [0.2, 0.25) is 0 Å². The second kappa shape index (κ2) is 7.54. The van der Waals surface area contributed by atoms with E-state index in [2.05, 4.69) is 11.4 Å². The van der Waals surface area contributed by atoms with E-state index in [9.17, 15) is 0 Å². The molecule has 0 amide bonds. The molecule has 1 aromatic rings. The Kier molecular flexibility index (Phi) is 5.98. The second-order valence-corrected chi connectivity index (χ2v) is 3.62. The van der Waals surface area contributed by atoms with Gasteiger partial charge in [-0.25, -0.2) is 0 Å². The molecule has 0 bridgehead atoms. The largest absolute Gasteiger partial charge is 0.493 e. The third-order valence-corrected chi connectivity index (χ3v) is 2.52. The van der Waals surface area contributed by atoms with Crippen molar-refractivity contribution in [3.8, 4) is 17.6 Å². The van der Waals surface area contributed by atoms with Gasteiger partial charge in [-0.15, -0.1) is 0 Å². The minimum atomic E-state index is -0.389. The lowest BCUT2D eigenvalue weighted by Crippen LogP contribution is -2.23. The van der Waals surface area contributed by atoms with Crippen LogP contribution < -0.4 is 14.8 Å². The van der Waals surface area contributed by atoms with E-state index < -0.39 is 0 Å². The van der Waals surface area contributed by atoms with Gasteiger partial charge < -0.3 is 14.2 Å². The molecule has 0 aliphatic heterocycles. The first-order valence-electron chi connectivity index (χ1n) is 5.60. The highest BCUT2D eigenvalue weighted by Crippen LogP contribution is 2.29. The van der Waals surface area contributed by atoms with Crippen molar-refractivity contribution >= 4 is 0 Å². The summed E-state index contributed by atoms with van der Waals surface area (Å²) in [5, 5.41) is 12.2. The van der Waals surface area contributed by atoms with E-state index in [1.807, 2.05) is 6.07 Å². The Morgan fingerprint density at radius 1 is 1.22 bits per heavy atom. The number of hydrogen-bond acceptors (Lipinski definition) is 5. The van der Waals surface area contributed by atoms with E-state index in [4.69, 9.17) is 19.5 Å². The molecule has 0 aromatic heterocycles. The molecule has 0 spiro atoms. The molecule has 1 aromatic carbocycles. The maximum absolute atomic E-state index is 9.14. The van der Waals surface area contributed by atoms with Gasteiger partial charge in [0.25, 0.3) is 0 Å². The van der Waals surface area contributed by atoms with Gasteiger partial charge in [-0.1, -0.05) is 6.07 Å². The highest BCUT2D eigenvalue weighted by atomic mass is 16.5. The Morgan fingerprint density at radius 2 is 1.94 bits per heavy atom. The van der Waals surface area contributed by atoms with Crippen molar-refractivity contribution in [3.05, 3.63) is 23.8 Å². The lowest BCUT2D eigenvalue weighted by Gasteiger charge is -2.14. The SMILES string of the molecule is COCCNC(C#N)c1ccc(OC)c(OC)c1. The van der Waals surface area contributed by atoms with Gasteiger partial charge in [-0.3, -0.25) is 5.32 Å². The normalized spacial score (nSPS) is 11.7. The van der Waals surface area contributed by atoms with Crippen LogP contribution in [-0.4, -0.2) is 34.5 Å². The molecule has 18 heavy (non-hydrogen) atoms. The number of rotatable bonds is 7. The number of nitrogens with one attached hydrogen (secondary N) is 1. The molecule has 0 aliphatic carbocycles. The van der Waals surface area contributed by atoms with Crippen LogP contribution in [0.5, 0.6) is 11.5 Å². The maximum atomic E-state index is 9.14. The summed E-state index contributed by atoms with van der Waals surface area (Å²) < 4.78 is 15.3. The first-order chi connectivity index (χ1) is 8.76. The number of benzene rings is 1. The Morgan fingerprint density at radius 3 is 2.50 bits per heavy atom. The topological polar surface area (TPSA) is 63.5 Å². The van der Waals surface area contributed by atoms with Crippen LogP contribution in [0.3, 0.4) is 0 Å². The van der Waals surface area contributed by atoms with Gasteiger partial charge in [0.1, 0.15) is 6.04 Å². The molecular weight excluding hydrogens is 232 g/mol. The molecule has 1 atom stereocenters. The molecule has 1 rings (SSSR count). The van der Waals surface area contributed by atoms with Crippen LogP contribution in [0.1, 0.15) is 11.6 Å². The third kappa shape index (κ3) is 3.62. The molecule has 0 saturated heterocycles. The molecule has 0 radical (unpaired) electrons. The Labute approximate surface area is 107 Å². The van der Waals surface area contributed by atoms with Crippen LogP contribution >= 0.6 is 0 Å². The molecular formula is C13H18N2O3. The molecule has 1 unspecified atom stereocenters. The molecule has 0 aliphatic rings. The highest BCUT2D eigenvalue weighted by molar-refractivity contribution is 5.44. The molecule has 1 N–H and O–H groups in total.